The van der Waals surface area contributed by atoms with Crippen LogP contribution in [0.25, 0.3) is 0 Å². The Hall–Kier alpha value is -0.570. The minimum Gasteiger partial charge on any atom is -0.481 e. The quantitative estimate of drug-likeness (QED) is 0.733. The smallest absolute Gasteiger partial charge is 0.306 e. The summed E-state index contributed by atoms with van der Waals surface area (Å²) < 4.78 is 0. The third-order valence-corrected chi connectivity index (χ3v) is 2.46. The van der Waals surface area contributed by atoms with Gasteiger partial charge in [-0.1, -0.05) is 20.8 Å². The highest BCUT2D eigenvalue weighted by molar-refractivity contribution is 5.70. The molecule has 2 atom stereocenters. The highest BCUT2D eigenvalue weighted by Gasteiger charge is 2.28. The van der Waals surface area contributed by atoms with E-state index in [1.54, 1.807) is 0 Å². The predicted octanol–water partition coefficient (Wildman–Crippen LogP) is 2.27. The van der Waals surface area contributed by atoms with Gasteiger partial charge in [-0.3, -0.25) is 4.79 Å². The molecular weight excluding hydrogens is 178 g/mol. The molecule has 1 fully saturated rings. The van der Waals surface area contributed by atoms with E-state index in [0.29, 0.717) is 6.04 Å². The zero-order chi connectivity index (χ0) is 11.0. The van der Waals surface area contributed by atoms with E-state index in [1.807, 2.05) is 13.8 Å². The van der Waals surface area contributed by atoms with E-state index < -0.39 is 5.97 Å². The Morgan fingerprint density at radius 1 is 1.43 bits per heavy atom. The number of hydrogen-bond acceptors (Lipinski definition) is 2. The van der Waals surface area contributed by atoms with Crippen LogP contribution in [0, 0.1) is 5.92 Å². The van der Waals surface area contributed by atoms with Crippen molar-refractivity contribution in [3.8, 4) is 0 Å². The second-order valence-electron chi connectivity index (χ2n) is 3.50. The van der Waals surface area contributed by atoms with Gasteiger partial charge >= 0.3 is 5.97 Å². The first kappa shape index (κ1) is 13.4. The maximum Gasteiger partial charge on any atom is 0.306 e. The van der Waals surface area contributed by atoms with Gasteiger partial charge in [0.15, 0.2) is 0 Å². The first-order valence-corrected chi connectivity index (χ1v) is 5.70. The van der Waals surface area contributed by atoms with Crippen LogP contribution in [0.2, 0.25) is 0 Å². The van der Waals surface area contributed by atoms with Crippen LogP contribution in [-0.2, 0) is 4.79 Å². The molecule has 0 aromatic rings. The molecule has 0 amide bonds. The molecule has 1 aliphatic carbocycles. The van der Waals surface area contributed by atoms with Gasteiger partial charge in [0.05, 0.1) is 5.92 Å². The van der Waals surface area contributed by atoms with Crippen LogP contribution >= 0.6 is 0 Å². The molecule has 14 heavy (non-hydrogen) atoms. The number of rotatable bonds is 4. The Morgan fingerprint density at radius 3 is 2.50 bits per heavy atom. The molecule has 1 rings (SSSR count). The van der Waals surface area contributed by atoms with Crippen molar-refractivity contribution in [1.29, 1.82) is 0 Å². The van der Waals surface area contributed by atoms with E-state index in [0.717, 1.165) is 32.2 Å². The van der Waals surface area contributed by atoms with Crippen molar-refractivity contribution in [2.75, 3.05) is 6.54 Å². The highest BCUT2D eigenvalue weighted by Crippen LogP contribution is 2.25. The Labute approximate surface area is 86.9 Å². The second-order valence-corrected chi connectivity index (χ2v) is 3.50. The average Bonchev–Trinajstić information content (AvgIpc) is 2.66. The van der Waals surface area contributed by atoms with E-state index >= 15 is 0 Å². The molecule has 3 nitrogen and oxygen atoms in total. The normalized spacial score (nSPS) is 25.4. The molecule has 0 aromatic heterocycles. The van der Waals surface area contributed by atoms with Crippen LogP contribution < -0.4 is 5.32 Å². The van der Waals surface area contributed by atoms with Gasteiger partial charge < -0.3 is 10.4 Å². The predicted molar refractivity (Wildman–Crippen MR) is 58.4 cm³/mol. The number of nitrogens with one attached hydrogen (secondary N) is 1. The van der Waals surface area contributed by atoms with Crippen molar-refractivity contribution < 1.29 is 9.90 Å². The molecule has 0 radical (unpaired) electrons. The maximum atomic E-state index is 10.6. The van der Waals surface area contributed by atoms with Gasteiger partial charge in [0.2, 0.25) is 0 Å². The maximum absolute atomic E-state index is 10.6. The number of carboxylic acids is 1. The largest absolute Gasteiger partial charge is 0.481 e. The second kappa shape index (κ2) is 7.80. The van der Waals surface area contributed by atoms with Crippen LogP contribution in [-0.4, -0.2) is 23.7 Å². The van der Waals surface area contributed by atoms with Crippen molar-refractivity contribution in [3.05, 3.63) is 0 Å². The lowest BCUT2D eigenvalue weighted by Crippen LogP contribution is -2.27. The fraction of sp³-hybridized carbons (Fsp3) is 0.909. The van der Waals surface area contributed by atoms with Gasteiger partial charge in [0, 0.05) is 6.04 Å². The lowest BCUT2D eigenvalue weighted by atomic mass is 10.1. The molecule has 1 aliphatic rings. The monoisotopic (exact) mass is 201 g/mol. The molecule has 0 heterocycles. The molecule has 1 saturated carbocycles. The summed E-state index contributed by atoms with van der Waals surface area (Å²) in [6.07, 6.45) is 3.80. The van der Waals surface area contributed by atoms with Crippen molar-refractivity contribution >= 4 is 5.97 Å². The Bertz CT molecular complexity index is 159. The van der Waals surface area contributed by atoms with E-state index in [2.05, 4.69) is 12.2 Å². The summed E-state index contributed by atoms with van der Waals surface area (Å²) in [6, 6.07) is 0.450. The summed E-state index contributed by atoms with van der Waals surface area (Å²) >= 11 is 0. The molecule has 3 heteroatoms. The first-order valence-electron chi connectivity index (χ1n) is 5.70. The van der Waals surface area contributed by atoms with Crippen LogP contribution in [0.1, 0.15) is 46.5 Å². The molecule has 0 saturated heterocycles. The van der Waals surface area contributed by atoms with Gasteiger partial charge in [-0.25, -0.2) is 0 Å². The summed E-state index contributed by atoms with van der Waals surface area (Å²) in [7, 11) is 0. The van der Waals surface area contributed by atoms with Crippen molar-refractivity contribution in [3.63, 3.8) is 0 Å². The zero-order valence-corrected chi connectivity index (χ0v) is 9.55. The number of hydrogen-bond donors (Lipinski definition) is 2. The molecule has 0 bridgehead atoms. The van der Waals surface area contributed by atoms with Crippen LogP contribution in [0.4, 0.5) is 0 Å². The van der Waals surface area contributed by atoms with E-state index in [1.165, 1.54) is 0 Å². The van der Waals surface area contributed by atoms with Gasteiger partial charge in [-0.05, 0) is 32.2 Å². The standard InChI is InChI=1S/C9H17NO2.C2H6/c1-2-5-10-8-4-3-7(6-8)9(11)12;1-2/h7-8,10H,2-6H2,1H3,(H,11,12);1-2H3. The summed E-state index contributed by atoms with van der Waals surface area (Å²) in [6.45, 7) is 7.13. The molecule has 0 aromatic carbocycles. The average molecular weight is 201 g/mol. The Morgan fingerprint density at radius 2 is 2.07 bits per heavy atom. The molecule has 0 spiro atoms. The van der Waals surface area contributed by atoms with Crippen LogP contribution in [0.3, 0.4) is 0 Å². The summed E-state index contributed by atoms with van der Waals surface area (Å²) in [4.78, 5) is 10.6. The fourth-order valence-corrected chi connectivity index (χ4v) is 1.74. The SMILES string of the molecule is CC.CCCNC1CCC(C(=O)O)C1. The van der Waals surface area contributed by atoms with Crippen molar-refractivity contribution in [2.24, 2.45) is 5.92 Å². The summed E-state index contributed by atoms with van der Waals surface area (Å²) in [5.74, 6) is -0.727. The third-order valence-electron chi connectivity index (χ3n) is 2.46. The lowest BCUT2D eigenvalue weighted by molar-refractivity contribution is -0.141. The number of carbonyl (C=O) groups is 1. The third kappa shape index (κ3) is 4.61. The van der Waals surface area contributed by atoms with Crippen molar-refractivity contribution in [2.45, 2.75) is 52.5 Å². The van der Waals surface area contributed by atoms with E-state index in [4.69, 9.17) is 5.11 Å². The number of aliphatic carboxylic acids is 1. The molecule has 2 N–H and O–H groups in total. The molecular formula is C11H23NO2. The van der Waals surface area contributed by atoms with Crippen molar-refractivity contribution in [1.82, 2.24) is 5.32 Å². The van der Waals surface area contributed by atoms with E-state index in [-0.39, 0.29) is 5.92 Å². The topological polar surface area (TPSA) is 49.3 Å². The highest BCUT2D eigenvalue weighted by atomic mass is 16.4. The van der Waals surface area contributed by atoms with Gasteiger partial charge in [0.1, 0.15) is 0 Å². The molecule has 0 aliphatic heterocycles. The Balaban J connectivity index is 0.000000791. The lowest BCUT2D eigenvalue weighted by Gasteiger charge is -2.10. The summed E-state index contributed by atoms with van der Waals surface area (Å²) in [5.41, 5.74) is 0. The molecule has 84 valence electrons. The van der Waals surface area contributed by atoms with Crippen LogP contribution in [0.5, 0.6) is 0 Å². The first-order chi connectivity index (χ1) is 6.74. The Kier molecular flexibility index (Phi) is 7.48. The number of carboxylic acid groups (broad SMARTS) is 1. The van der Waals surface area contributed by atoms with Crippen LogP contribution in [0.15, 0.2) is 0 Å². The van der Waals surface area contributed by atoms with Gasteiger partial charge in [0.25, 0.3) is 0 Å². The summed E-state index contributed by atoms with van der Waals surface area (Å²) in [5, 5.41) is 12.1. The van der Waals surface area contributed by atoms with E-state index in [9.17, 15) is 4.79 Å². The van der Waals surface area contributed by atoms with Gasteiger partial charge in [-0.15, -0.1) is 0 Å². The zero-order valence-electron chi connectivity index (χ0n) is 9.55. The fourth-order valence-electron chi connectivity index (χ4n) is 1.74. The minimum absolute atomic E-state index is 0.0978. The molecule has 2 unspecified atom stereocenters. The van der Waals surface area contributed by atoms with Gasteiger partial charge in [-0.2, -0.15) is 0 Å². The minimum atomic E-state index is -0.629.